The van der Waals surface area contributed by atoms with Crippen LogP contribution in [0.4, 0.5) is 4.39 Å². The summed E-state index contributed by atoms with van der Waals surface area (Å²) in [5.74, 6) is 0.150. The van der Waals surface area contributed by atoms with Gasteiger partial charge in [-0.05, 0) is 36.6 Å². The lowest BCUT2D eigenvalue weighted by Crippen LogP contribution is -2.50. The molecule has 1 fully saturated rings. The topological polar surface area (TPSA) is 41.1 Å². The number of carbonyl (C=O) groups excluding carboxylic acids is 1. The van der Waals surface area contributed by atoms with Gasteiger partial charge in [0, 0.05) is 12.6 Å². The second-order valence-corrected chi connectivity index (χ2v) is 4.95. The highest BCUT2D eigenvalue weighted by Gasteiger charge is 2.22. The molecule has 4 heteroatoms. The summed E-state index contributed by atoms with van der Waals surface area (Å²) >= 11 is 0. The zero-order valence-corrected chi connectivity index (χ0v) is 10.6. The van der Waals surface area contributed by atoms with Gasteiger partial charge in [0.2, 0.25) is 5.91 Å². The van der Waals surface area contributed by atoms with Gasteiger partial charge in [-0.1, -0.05) is 19.1 Å². The van der Waals surface area contributed by atoms with Gasteiger partial charge in [-0.15, -0.1) is 0 Å². The van der Waals surface area contributed by atoms with Gasteiger partial charge < -0.3 is 10.6 Å². The van der Waals surface area contributed by atoms with Crippen molar-refractivity contribution >= 4 is 5.91 Å². The van der Waals surface area contributed by atoms with Crippen LogP contribution in [0.1, 0.15) is 18.9 Å². The largest absolute Gasteiger partial charge is 0.352 e. The zero-order chi connectivity index (χ0) is 13.0. The van der Waals surface area contributed by atoms with Crippen LogP contribution in [0.5, 0.6) is 0 Å². The van der Waals surface area contributed by atoms with Gasteiger partial charge >= 0.3 is 0 Å². The van der Waals surface area contributed by atoms with Gasteiger partial charge in [0.25, 0.3) is 0 Å². The van der Waals surface area contributed by atoms with E-state index < -0.39 is 0 Å². The Labute approximate surface area is 107 Å². The predicted molar refractivity (Wildman–Crippen MR) is 68.7 cm³/mol. The fourth-order valence-corrected chi connectivity index (χ4v) is 2.27. The molecule has 0 bridgehead atoms. The molecule has 0 saturated carbocycles. The molecule has 1 amide bonds. The Balaban J connectivity index is 1.88. The van der Waals surface area contributed by atoms with Crippen LogP contribution >= 0.6 is 0 Å². The number of amides is 1. The summed E-state index contributed by atoms with van der Waals surface area (Å²) in [4.78, 5) is 11.9. The van der Waals surface area contributed by atoms with E-state index in [4.69, 9.17) is 0 Å². The summed E-state index contributed by atoms with van der Waals surface area (Å²) in [5, 5.41) is 6.28. The molecule has 0 aromatic heterocycles. The molecule has 2 N–H and O–H groups in total. The molecule has 1 aromatic carbocycles. The van der Waals surface area contributed by atoms with Crippen molar-refractivity contribution in [2.75, 3.05) is 13.1 Å². The highest BCUT2D eigenvalue weighted by Crippen LogP contribution is 2.11. The summed E-state index contributed by atoms with van der Waals surface area (Å²) in [6.07, 6.45) is 1.31. The first kappa shape index (κ1) is 13.0. The van der Waals surface area contributed by atoms with Crippen molar-refractivity contribution in [2.24, 2.45) is 5.92 Å². The molecule has 3 nitrogen and oxygen atoms in total. The van der Waals surface area contributed by atoms with Crippen molar-refractivity contribution < 1.29 is 9.18 Å². The van der Waals surface area contributed by atoms with Crippen molar-refractivity contribution in [1.29, 1.82) is 0 Å². The lowest BCUT2D eigenvalue weighted by molar-refractivity contribution is -0.121. The third-order valence-electron chi connectivity index (χ3n) is 3.43. The van der Waals surface area contributed by atoms with Crippen molar-refractivity contribution in [3.05, 3.63) is 35.6 Å². The van der Waals surface area contributed by atoms with Crippen molar-refractivity contribution in [3.63, 3.8) is 0 Å². The Morgan fingerprint density at radius 3 is 3.11 bits per heavy atom. The molecule has 1 saturated heterocycles. The van der Waals surface area contributed by atoms with Crippen LogP contribution in [0.25, 0.3) is 0 Å². The molecule has 1 aromatic rings. The van der Waals surface area contributed by atoms with Crippen LogP contribution in [0.3, 0.4) is 0 Å². The van der Waals surface area contributed by atoms with E-state index in [2.05, 4.69) is 17.6 Å². The maximum Gasteiger partial charge on any atom is 0.224 e. The molecule has 98 valence electrons. The molecule has 1 aliphatic heterocycles. The van der Waals surface area contributed by atoms with Crippen LogP contribution in [0.2, 0.25) is 0 Å². The SMILES string of the molecule is CC1CCNCC1NC(=O)Cc1cccc(F)c1. The first-order valence-electron chi connectivity index (χ1n) is 6.39. The number of rotatable bonds is 3. The number of piperidine rings is 1. The molecule has 1 aliphatic rings. The second kappa shape index (κ2) is 5.96. The summed E-state index contributed by atoms with van der Waals surface area (Å²) in [6.45, 7) is 3.97. The van der Waals surface area contributed by atoms with Crippen LogP contribution in [-0.4, -0.2) is 25.0 Å². The van der Waals surface area contributed by atoms with E-state index in [1.165, 1.54) is 12.1 Å². The van der Waals surface area contributed by atoms with E-state index in [1.54, 1.807) is 12.1 Å². The number of hydrogen-bond donors (Lipinski definition) is 2. The van der Waals surface area contributed by atoms with E-state index in [0.29, 0.717) is 11.5 Å². The monoisotopic (exact) mass is 250 g/mol. The van der Waals surface area contributed by atoms with E-state index in [-0.39, 0.29) is 24.2 Å². The van der Waals surface area contributed by atoms with E-state index in [1.807, 2.05) is 0 Å². The molecule has 2 rings (SSSR count). The molecule has 0 radical (unpaired) electrons. The van der Waals surface area contributed by atoms with Gasteiger partial charge in [0.05, 0.1) is 6.42 Å². The van der Waals surface area contributed by atoms with E-state index in [9.17, 15) is 9.18 Å². The molecule has 2 atom stereocenters. The predicted octanol–water partition coefficient (Wildman–Crippen LogP) is 1.48. The van der Waals surface area contributed by atoms with Crippen LogP contribution in [0, 0.1) is 11.7 Å². The van der Waals surface area contributed by atoms with Crippen molar-refractivity contribution in [1.82, 2.24) is 10.6 Å². The van der Waals surface area contributed by atoms with Gasteiger partial charge in [0.15, 0.2) is 0 Å². The minimum Gasteiger partial charge on any atom is -0.352 e. The normalized spacial score (nSPS) is 23.7. The van der Waals surface area contributed by atoms with Crippen LogP contribution in [0.15, 0.2) is 24.3 Å². The molecule has 2 unspecified atom stereocenters. The number of carbonyl (C=O) groups is 1. The Hall–Kier alpha value is -1.42. The maximum absolute atomic E-state index is 13.0. The average molecular weight is 250 g/mol. The number of halogens is 1. The Kier molecular flexibility index (Phi) is 4.31. The van der Waals surface area contributed by atoms with Gasteiger partial charge in [-0.3, -0.25) is 4.79 Å². The van der Waals surface area contributed by atoms with E-state index >= 15 is 0 Å². The minimum absolute atomic E-state index is 0.0406. The van der Waals surface area contributed by atoms with Crippen LogP contribution < -0.4 is 10.6 Å². The quantitative estimate of drug-likeness (QED) is 0.853. The van der Waals surface area contributed by atoms with Gasteiger partial charge in [-0.2, -0.15) is 0 Å². The Bertz CT molecular complexity index is 422. The average Bonchev–Trinajstić information content (AvgIpc) is 2.32. The van der Waals surface area contributed by atoms with Gasteiger partial charge in [0.1, 0.15) is 5.82 Å². The van der Waals surface area contributed by atoms with Crippen molar-refractivity contribution in [3.8, 4) is 0 Å². The highest BCUT2D eigenvalue weighted by atomic mass is 19.1. The second-order valence-electron chi connectivity index (χ2n) is 4.95. The smallest absolute Gasteiger partial charge is 0.224 e. The Morgan fingerprint density at radius 1 is 1.56 bits per heavy atom. The lowest BCUT2D eigenvalue weighted by atomic mass is 9.94. The summed E-state index contributed by atoms with van der Waals surface area (Å²) in [6, 6.07) is 6.37. The highest BCUT2D eigenvalue weighted by molar-refractivity contribution is 5.78. The van der Waals surface area contributed by atoms with Crippen molar-refractivity contribution in [2.45, 2.75) is 25.8 Å². The summed E-state index contributed by atoms with van der Waals surface area (Å²) in [5.41, 5.74) is 0.712. The zero-order valence-electron chi connectivity index (χ0n) is 10.6. The third kappa shape index (κ3) is 3.53. The first-order chi connectivity index (χ1) is 8.65. The lowest BCUT2D eigenvalue weighted by Gasteiger charge is -2.30. The molecule has 0 spiro atoms. The van der Waals surface area contributed by atoms with Crippen LogP contribution in [-0.2, 0) is 11.2 Å². The number of hydrogen-bond acceptors (Lipinski definition) is 2. The number of nitrogens with one attached hydrogen (secondary N) is 2. The molecule has 1 heterocycles. The molecule has 0 aliphatic carbocycles. The first-order valence-corrected chi connectivity index (χ1v) is 6.39. The fourth-order valence-electron chi connectivity index (χ4n) is 2.27. The minimum atomic E-state index is -0.298. The summed E-state index contributed by atoms with van der Waals surface area (Å²) < 4.78 is 13.0. The van der Waals surface area contributed by atoms with Gasteiger partial charge in [-0.25, -0.2) is 4.39 Å². The summed E-state index contributed by atoms with van der Waals surface area (Å²) in [7, 11) is 0. The third-order valence-corrected chi connectivity index (χ3v) is 3.43. The number of benzene rings is 1. The standard InChI is InChI=1S/C14H19FN2O/c1-10-5-6-16-9-13(10)17-14(18)8-11-3-2-4-12(15)7-11/h2-4,7,10,13,16H,5-6,8-9H2,1H3,(H,17,18). The Morgan fingerprint density at radius 2 is 2.39 bits per heavy atom. The molecular weight excluding hydrogens is 231 g/mol. The maximum atomic E-state index is 13.0. The molecular formula is C14H19FN2O. The fraction of sp³-hybridized carbons (Fsp3) is 0.500. The molecule has 18 heavy (non-hydrogen) atoms. The van der Waals surface area contributed by atoms with E-state index in [0.717, 1.165) is 19.5 Å².